The van der Waals surface area contributed by atoms with Gasteiger partial charge in [0.15, 0.2) is 0 Å². The Morgan fingerprint density at radius 1 is 0.750 bits per heavy atom. The summed E-state index contributed by atoms with van der Waals surface area (Å²) in [5.41, 5.74) is 3.04. The molecule has 2 unspecified atom stereocenters. The van der Waals surface area contributed by atoms with Gasteiger partial charge in [0.25, 0.3) is 0 Å². The molecule has 11 nitrogen and oxygen atoms in total. The summed E-state index contributed by atoms with van der Waals surface area (Å²) in [7, 11) is 0. The predicted octanol–water partition coefficient (Wildman–Crippen LogP) is 7.18. The number of hydrogen-bond acceptors (Lipinski definition) is 9. The van der Waals surface area contributed by atoms with E-state index in [9.17, 15) is 14.7 Å². The van der Waals surface area contributed by atoms with Crippen molar-refractivity contribution in [2.75, 3.05) is 26.4 Å². The second-order valence-electron chi connectivity index (χ2n) is 13.6. The summed E-state index contributed by atoms with van der Waals surface area (Å²) in [6.45, 7) is 19.8. The molecule has 0 saturated carbocycles. The first kappa shape index (κ1) is 40.6. The number of ether oxygens (including phenoxy) is 5. The van der Waals surface area contributed by atoms with Crippen LogP contribution in [0.15, 0.2) is 36.4 Å². The Morgan fingerprint density at radius 2 is 1.25 bits per heavy atom. The largest absolute Gasteiger partial charge is 0.508 e. The van der Waals surface area contributed by atoms with E-state index in [-0.39, 0.29) is 37.6 Å². The Labute approximate surface area is 287 Å². The fourth-order valence-electron chi connectivity index (χ4n) is 5.12. The monoisotopic (exact) mass is 674 g/mol. The number of carbonyl (C=O) groups is 2. The smallest absolute Gasteiger partial charge is 0.410 e. The minimum absolute atomic E-state index is 0. The van der Waals surface area contributed by atoms with E-state index < -0.39 is 11.2 Å². The second-order valence-corrected chi connectivity index (χ2v) is 13.6. The molecule has 2 aromatic carbocycles. The zero-order valence-electron chi connectivity index (χ0n) is 29.3. The minimum Gasteiger partial charge on any atom is -0.508 e. The third kappa shape index (κ3) is 12.5. The molecule has 4 heterocycles. The topological polar surface area (TPSA) is 127 Å². The zero-order valence-corrected chi connectivity index (χ0v) is 29.3. The summed E-state index contributed by atoms with van der Waals surface area (Å²) in [6.07, 6.45) is 1.05. The molecule has 11 heteroatoms. The molecule has 0 bridgehead atoms. The Balaban J connectivity index is 0.000000272. The van der Waals surface area contributed by atoms with Gasteiger partial charge in [0, 0.05) is 37.2 Å². The summed E-state index contributed by atoms with van der Waals surface area (Å²) < 4.78 is 27.0. The van der Waals surface area contributed by atoms with Crippen molar-refractivity contribution < 1.29 is 43.5 Å². The van der Waals surface area contributed by atoms with Crippen molar-refractivity contribution >= 4 is 12.2 Å². The summed E-state index contributed by atoms with van der Waals surface area (Å²) in [5.74, 6) is 1.10. The van der Waals surface area contributed by atoms with Crippen LogP contribution >= 0.6 is 0 Å². The van der Waals surface area contributed by atoms with E-state index in [1.807, 2.05) is 79.7 Å². The van der Waals surface area contributed by atoms with E-state index in [2.05, 4.69) is 0 Å². The van der Waals surface area contributed by atoms with Gasteiger partial charge >= 0.3 is 12.2 Å². The van der Waals surface area contributed by atoms with Crippen LogP contribution in [0.25, 0.3) is 0 Å². The molecule has 6 rings (SSSR count). The van der Waals surface area contributed by atoms with Crippen LogP contribution in [0.3, 0.4) is 0 Å². The number of carbonyl (C=O) groups excluding carboxylic acids is 2. The van der Waals surface area contributed by atoms with Crippen LogP contribution in [-0.4, -0.2) is 82.0 Å². The molecular formula is C37H58N2O9. The summed E-state index contributed by atoms with van der Waals surface area (Å²) in [6, 6.07) is 11.3. The molecule has 2 fully saturated rings. The number of phenols is 1. The maximum atomic E-state index is 12.2. The summed E-state index contributed by atoms with van der Waals surface area (Å²) >= 11 is 0. The van der Waals surface area contributed by atoms with Gasteiger partial charge in [-0.3, -0.25) is 9.80 Å². The van der Waals surface area contributed by atoms with E-state index >= 15 is 0 Å². The lowest BCUT2D eigenvalue weighted by atomic mass is 10.1. The Bertz CT molecular complexity index is 1310. The van der Waals surface area contributed by atoms with Gasteiger partial charge in [-0.15, -0.1) is 0 Å². The van der Waals surface area contributed by atoms with Crippen molar-refractivity contribution in [3.63, 3.8) is 0 Å². The summed E-state index contributed by atoms with van der Waals surface area (Å²) in [4.78, 5) is 27.4. The lowest BCUT2D eigenvalue weighted by molar-refractivity contribution is 0.0231. The Morgan fingerprint density at radius 3 is 1.69 bits per heavy atom. The van der Waals surface area contributed by atoms with Crippen molar-refractivity contribution in [2.45, 2.75) is 125 Å². The number of aromatic hydroxyl groups is 1. The first-order valence-corrected chi connectivity index (χ1v) is 16.5. The quantitative estimate of drug-likeness (QED) is 0.341. The van der Waals surface area contributed by atoms with Crippen molar-refractivity contribution in [3.8, 4) is 11.5 Å². The fraction of sp³-hybridized carbons (Fsp3) is 0.622. The van der Waals surface area contributed by atoms with Gasteiger partial charge in [-0.2, -0.15) is 0 Å². The first-order chi connectivity index (χ1) is 22.2. The number of phenolic OH excluding ortho intramolecular Hbond substituents is 1. The Kier molecular flexibility index (Phi) is 15.5. The van der Waals surface area contributed by atoms with Crippen LogP contribution in [0.2, 0.25) is 0 Å². The minimum atomic E-state index is -0.492. The highest BCUT2D eigenvalue weighted by Crippen LogP contribution is 2.33. The number of rotatable bonds is 2. The van der Waals surface area contributed by atoms with E-state index in [0.717, 1.165) is 54.1 Å². The van der Waals surface area contributed by atoms with Crippen molar-refractivity contribution in [3.05, 3.63) is 58.7 Å². The van der Waals surface area contributed by atoms with Crippen LogP contribution in [-0.2, 0) is 45.1 Å². The van der Waals surface area contributed by atoms with Gasteiger partial charge in [-0.25, -0.2) is 9.59 Å². The maximum absolute atomic E-state index is 12.2. The van der Waals surface area contributed by atoms with Crippen molar-refractivity contribution in [1.29, 1.82) is 0 Å². The average Bonchev–Trinajstić information content (AvgIpc) is 3.81. The molecule has 48 heavy (non-hydrogen) atoms. The highest BCUT2D eigenvalue weighted by molar-refractivity contribution is 5.70. The van der Waals surface area contributed by atoms with Gasteiger partial charge in [0.2, 0.25) is 0 Å². The highest BCUT2D eigenvalue weighted by atomic mass is 16.6. The molecule has 0 aromatic heterocycles. The van der Waals surface area contributed by atoms with Gasteiger partial charge in [-0.1, -0.05) is 45.5 Å². The fourth-order valence-corrected chi connectivity index (χ4v) is 5.12. The van der Waals surface area contributed by atoms with Gasteiger partial charge in [-0.05, 0) is 71.2 Å². The van der Waals surface area contributed by atoms with Crippen LogP contribution in [0, 0.1) is 0 Å². The number of nitrogens with zero attached hydrogens (tertiary/aromatic N) is 2. The van der Waals surface area contributed by atoms with Crippen LogP contribution in [0.5, 0.6) is 11.5 Å². The lowest BCUT2D eigenvalue weighted by Crippen LogP contribution is -2.33. The van der Waals surface area contributed by atoms with Crippen molar-refractivity contribution in [2.24, 2.45) is 0 Å². The number of benzene rings is 2. The molecule has 0 radical (unpaired) electrons. The molecular weight excluding hydrogens is 616 g/mol. The standard InChI is InChI=1S/C17H23NO4.C13H17NO3.C4H8O2.C2H6.CH4/c1-17(2,3)22-16(19)18-9-12-5-4-6-15(14(12)10-18)21-13-7-8-20-11-13;1-13(2,3)17-12(16)14-7-9-5-4-6-11(15)10(9)8-14;5-4-1-2-6-3-4;1-2;/h4-6,13H,7-11H2,1-3H3;4-6,15H,7-8H2,1-3H3;4-5H,1-3H2;1-2H3;1H4. The first-order valence-electron chi connectivity index (χ1n) is 16.5. The molecule has 2 saturated heterocycles. The molecule has 2 atom stereocenters. The molecule has 2 aromatic rings. The lowest BCUT2D eigenvalue weighted by Gasteiger charge is -2.24. The normalized spacial score (nSPS) is 19.2. The number of fused-ring (bicyclic) bond motifs is 2. The van der Waals surface area contributed by atoms with Crippen LogP contribution in [0.4, 0.5) is 9.59 Å². The van der Waals surface area contributed by atoms with Gasteiger partial charge in [0.05, 0.1) is 39.0 Å². The average molecular weight is 675 g/mol. The number of aliphatic hydroxyl groups excluding tert-OH is 1. The number of aliphatic hydroxyl groups is 1. The van der Waals surface area contributed by atoms with E-state index in [1.165, 1.54) is 0 Å². The molecule has 0 spiro atoms. The highest BCUT2D eigenvalue weighted by Gasteiger charge is 2.31. The third-order valence-electron chi connectivity index (χ3n) is 7.29. The SMILES string of the molecule is C.CC.CC(C)(C)OC(=O)N1Cc2cccc(O)c2C1.CC(C)(C)OC(=O)N1Cc2cccc(OC3CCOC3)c2C1.OC1CCOC1. The van der Waals surface area contributed by atoms with E-state index in [1.54, 1.807) is 21.9 Å². The van der Waals surface area contributed by atoms with Crippen molar-refractivity contribution in [1.82, 2.24) is 9.80 Å². The van der Waals surface area contributed by atoms with Gasteiger partial charge in [0.1, 0.15) is 28.8 Å². The second kappa shape index (κ2) is 18.3. The van der Waals surface area contributed by atoms with E-state index in [0.29, 0.717) is 39.4 Å². The Hall–Kier alpha value is -3.54. The van der Waals surface area contributed by atoms with Crippen LogP contribution in [0.1, 0.15) is 97.9 Å². The maximum Gasteiger partial charge on any atom is 0.410 e. The zero-order chi connectivity index (χ0) is 34.8. The molecule has 4 aliphatic heterocycles. The van der Waals surface area contributed by atoms with Crippen LogP contribution < -0.4 is 4.74 Å². The molecule has 4 aliphatic rings. The molecule has 270 valence electrons. The number of amides is 2. The molecule has 0 aliphatic carbocycles. The van der Waals surface area contributed by atoms with E-state index in [4.69, 9.17) is 28.8 Å². The molecule has 2 amide bonds. The third-order valence-corrected chi connectivity index (χ3v) is 7.29. The number of hydrogen-bond donors (Lipinski definition) is 2. The summed E-state index contributed by atoms with van der Waals surface area (Å²) in [5, 5.41) is 18.3. The van der Waals surface area contributed by atoms with Gasteiger partial charge < -0.3 is 33.9 Å². The molecule has 2 N–H and O–H groups in total. The predicted molar refractivity (Wildman–Crippen MR) is 185 cm³/mol.